The monoisotopic (exact) mass is 429 g/mol. The van der Waals surface area contributed by atoms with Gasteiger partial charge in [0.15, 0.2) is 5.65 Å². The van der Waals surface area contributed by atoms with Gasteiger partial charge in [-0.25, -0.2) is 14.3 Å². The Morgan fingerprint density at radius 1 is 1.12 bits per heavy atom. The molecule has 0 saturated heterocycles. The Hall–Kier alpha value is -3.52. The quantitative estimate of drug-likeness (QED) is 0.489. The summed E-state index contributed by atoms with van der Waals surface area (Å²) in [5, 5.41) is 7.22. The molecule has 1 aliphatic heterocycles. The van der Waals surface area contributed by atoms with Gasteiger partial charge in [0.1, 0.15) is 5.39 Å². The molecule has 1 aromatic carbocycles. The first-order chi connectivity index (χ1) is 15.7. The van der Waals surface area contributed by atoms with Crippen LogP contribution in [0.1, 0.15) is 37.1 Å². The molecule has 8 heteroatoms. The van der Waals surface area contributed by atoms with Crippen LogP contribution in [0.3, 0.4) is 0 Å². The van der Waals surface area contributed by atoms with Gasteiger partial charge in [-0.05, 0) is 61.7 Å². The Morgan fingerprint density at radius 2 is 2.03 bits per heavy atom. The van der Waals surface area contributed by atoms with Crippen LogP contribution in [0.4, 0.5) is 11.6 Å². The second-order valence-electron chi connectivity index (χ2n) is 8.05. The van der Waals surface area contributed by atoms with Gasteiger partial charge in [-0.1, -0.05) is 19.4 Å². The fourth-order valence-corrected chi connectivity index (χ4v) is 4.31. The number of aromatic nitrogens is 5. The van der Waals surface area contributed by atoms with Gasteiger partial charge in [-0.2, -0.15) is 4.98 Å². The first-order valence-electron chi connectivity index (χ1n) is 11.2. The molecule has 1 aliphatic rings. The van der Waals surface area contributed by atoms with Crippen LogP contribution in [0.25, 0.3) is 16.7 Å². The van der Waals surface area contributed by atoms with E-state index in [0.29, 0.717) is 23.5 Å². The van der Waals surface area contributed by atoms with E-state index in [1.54, 1.807) is 17.1 Å². The van der Waals surface area contributed by atoms with Gasteiger partial charge in [0.25, 0.3) is 5.56 Å². The lowest BCUT2D eigenvalue weighted by Gasteiger charge is -2.18. The minimum atomic E-state index is -0.0933. The van der Waals surface area contributed by atoms with Crippen molar-refractivity contribution < 1.29 is 0 Å². The van der Waals surface area contributed by atoms with Crippen molar-refractivity contribution in [3.8, 4) is 5.69 Å². The van der Waals surface area contributed by atoms with Crippen LogP contribution in [0, 0.1) is 0 Å². The molecule has 32 heavy (non-hydrogen) atoms. The third-order valence-electron chi connectivity index (χ3n) is 5.87. The van der Waals surface area contributed by atoms with Crippen molar-refractivity contribution in [2.24, 2.45) is 0 Å². The van der Waals surface area contributed by atoms with Gasteiger partial charge >= 0.3 is 0 Å². The van der Waals surface area contributed by atoms with Crippen LogP contribution in [0.15, 0.2) is 47.5 Å². The normalized spacial score (nSPS) is 13.3. The number of benzene rings is 1. The highest BCUT2D eigenvalue weighted by Crippen LogP contribution is 2.23. The molecule has 0 atom stereocenters. The molecular weight excluding hydrogens is 402 g/mol. The van der Waals surface area contributed by atoms with E-state index in [1.165, 1.54) is 11.1 Å². The Labute approximate surface area is 186 Å². The summed E-state index contributed by atoms with van der Waals surface area (Å²) in [5.41, 5.74) is 5.98. The van der Waals surface area contributed by atoms with Crippen molar-refractivity contribution in [2.45, 2.75) is 46.2 Å². The highest BCUT2D eigenvalue weighted by Gasteiger charge is 2.17. The van der Waals surface area contributed by atoms with Crippen molar-refractivity contribution in [3.63, 3.8) is 0 Å². The van der Waals surface area contributed by atoms with E-state index >= 15 is 0 Å². The lowest BCUT2D eigenvalue weighted by molar-refractivity contribution is 0.574. The van der Waals surface area contributed by atoms with Crippen molar-refractivity contribution >= 4 is 22.7 Å². The summed E-state index contributed by atoms with van der Waals surface area (Å²) >= 11 is 0. The molecule has 4 aromatic rings. The third-order valence-corrected chi connectivity index (χ3v) is 5.87. The number of fused-ring (bicyclic) bond motifs is 2. The Kier molecular flexibility index (Phi) is 5.45. The zero-order chi connectivity index (χ0) is 22.1. The van der Waals surface area contributed by atoms with Gasteiger partial charge < -0.3 is 10.6 Å². The number of anilines is 2. The number of hydrogen-bond acceptors (Lipinski definition) is 6. The van der Waals surface area contributed by atoms with Gasteiger partial charge in [0, 0.05) is 36.9 Å². The van der Waals surface area contributed by atoms with Crippen molar-refractivity contribution in [1.82, 2.24) is 29.6 Å². The molecule has 0 radical (unpaired) electrons. The van der Waals surface area contributed by atoms with Crippen LogP contribution in [-0.2, 0) is 25.9 Å². The minimum Gasteiger partial charge on any atom is -0.324 e. The molecule has 0 amide bonds. The number of nitrogens with one attached hydrogen (secondary N) is 2. The number of hydrogen-bond donors (Lipinski definition) is 2. The second-order valence-corrected chi connectivity index (χ2v) is 8.05. The molecule has 0 fully saturated rings. The van der Waals surface area contributed by atoms with Gasteiger partial charge in [0.2, 0.25) is 5.95 Å². The highest BCUT2D eigenvalue weighted by molar-refractivity contribution is 5.77. The summed E-state index contributed by atoms with van der Waals surface area (Å²) in [4.78, 5) is 26.7. The molecule has 0 bridgehead atoms. The highest BCUT2D eigenvalue weighted by atomic mass is 16.1. The standard InChI is InChI=1S/C24H27N7O/c1-3-5-18-13-20(9-11-26-18)31-22-21(23(32)30(31)4-2)15-27-24(29-22)28-19-7-6-17-14-25-10-8-16(17)12-19/h6-7,9,11-13,15,25H,3-5,8,10,14H2,1-2H3,(H,27,28,29). The predicted molar refractivity (Wildman–Crippen MR) is 126 cm³/mol. The topological polar surface area (TPSA) is 89.7 Å². The first kappa shape index (κ1) is 20.4. The van der Waals surface area contributed by atoms with E-state index in [-0.39, 0.29) is 5.56 Å². The molecule has 0 spiro atoms. The SMILES string of the molecule is CCCc1cc(-n2c3nc(Nc4ccc5c(c4)CCNC5)ncc3c(=O)n2CC)ccn1. The maximum atomic E-state index is 13.0. The van der Waals surface area contributed by atoms with Crippen LogP contribution in [-0.4, -0.2) is 30.9 Å². The summed E-state index contributed by atoms with van der Waals surface area (Å²) in [6, 6.07) is 10.3. The largest absolute Gasteiger partial charge is 0.324 e. The van der Waals surface area contributed by atoms with Crippen molar-refractivity contribution in [1.29, 1.82) is 0 Å². The van der Waals surface area contributed by atoms with Gasteiger partial charge in [-0.15, -0.1) is 0 Å². The fourth-order valence-electron chi connectivity index (χ4n) is 4.31. The first-order valence-corrected chi connectivity index (χ1v) is 11.2. The van der Waals surface area contributed by atoms with Crippen LogP contribution >= 0.6 is 0 Å². The molecule has 0 saturated carbocycles. The third kappa shape index (κ3) is 3.67. The molecule has 4 heterocycles. The van der Waals surface area contributed by atoms with Crippen LogP contribution < -0.4 is 16.2 Å². The fraction of sp³-hybridized carbons (Fsp3) is 0.333. The average Bonchev–Trinajstić information content (AvgIpc) is 3.10. The number of nitrogens with zero attached hydrogens (tertiary/aromatic N) is 5. The molecular formula is C24H27N7O. The minimum absolute atomic E-state index is 0.0933. The molecule has 164 valence electrons. The number of pyridine rings is 1. The molecule has 2 N–H and O–H groups in total. The zero-order valence-corrected chi connectivity index (χ0v) is 18.4. The molecule has 8 nitrogen and oxygen atoms in total. The molecule has 0 aliphatic carbocycles. The van der Waals surface area contributed by atoms with Gasteiger partial charge in [0.05, 0.1) is 5.69 Å². The summed E-state index contributed by atoms with van der Waals surface area (Å²) in [6.07, 6.45) is 6.31. The summed E-state index contributed by atoms with van der Waals surface area (Å²) < 4.78 is 3.57. The summed E-state index contributed by atoms with van der Waals surface area (Å²) in [6.45, 7) is 6.51. The lowest BCUT2D eigenvalue weighted by atomic mass is 10.0. The van der Waals surface area contributed by atoms with Crippen molar-refractivity contribution in [3.05, 3.63) is 69.9 Å². The van der Waals surface area contributed by atoms with E-state index in [1.807, 2.05) is 29.8 Å². The zero-order valence-electron chi connectivity index (χ0n) is 18.4. The van der Waals surface area contributed by atoms with E-state index in [2.05, 4.69) is 39.7 Å². The Bertz CT molecular complexity index is 1340. The second kappa shape index (κ2) is 8.55. The van der Waals surface area contributed by atoms with Crippen molar-refractivity contribution in [2.75, 3.05) is 11.9 Å². The van der Waals surface area contributed by atoms with E-state index in [0.717, 1.165) is 49.4 Å². The summed E-state index contributed by atoms with van der Waals surface area (Å²) in [5.74, 6) is 0.469. The van der Waals surface area contributed by atoms with Gasteiger partial charge in [-0.3, -0.25) is 9.78 Å². The predicted octanol–water partition coefficient (Wildman–Crippen LogP) is 3.34. The maximum absolute atomic E-state index is 13.0. The molecule has 0 unspecified atom stereocenters. The Morgan fingerprint density at radius 3 is 2.88 bits per heavy atom. The lowest BCUT2D eigenvalue weighted by Crippen LogP contribution is -2.23. The molecule has 3 aromatic heterocycles. The maximum Gasteiger partial charge on any atom is 0.278 e. The summed E-state index contributed by atoms with van der Waals surface area (Å²) in [7, 11) is 0. The number of aryl methyl sites for hydroxylation is 1. The van der Waals surface area contributed by atoms with E-state index in [4.69, 9.17) is 4.98 Å². The van der Waals surface area contributed by atoms with Crippen LogP contribution in [0.5, 0.6) is 0 Å². The number of rotatable bonds is 6. The average molecular weight is 430 g/mol. The van der Waals surface area contributed by atoms with E-state index in [9.17, 15) is 4.79 Å². The Balaban J connectivity index is 1.58. The molecule has 5 rings (SSSR count). The van der Waals surface area contributed by atoms with Crippen LogP contribution in [0.2, 0.25) is 0 Å². The van der Waals surface area contributed by atoms with E-state index < -0.39 is 0 Å². The smallest absolute Gasteiger partial charge is 0.278 e.